The summed E-state index contributed by atoms with van der Waals surface area (Å²) in [6.07, 6.45) is 6.58. The van der Waals surface area contributed by atoms with Crippen LogP contribution in [0.1, 0.15) is 57.3 Å². The molecule has 0 radical (unpaired) electrons. The second-order valence-electron chi connectivity index (χ2n) is 7.00. The Morgan fingerprint density at radius 3 is 2.86 bits per heavy atom. The van der Waals surface area contributed by atoms with E-state index >= 15 is 0 Å². The normalized spacial score (nSPS) is 30.0. The smallest absolute Gasteiger partial charge is 0.151 e. The zero-order chi connectivity index (χ0) is 14.6. The molecule has 0 aliphatic heterocycles. The summed E-state index contributed by atoms with van der Waals surface area (Å²) in [5, 5.41) is 0. The van der Waals surface area contributed by atoms with E-state index in [9.17, 15) is 4.39 Å². The van der Waals surface area contributed by atoms with Crippen LogP contribution in [0.2, 0.25) is 0 Å². The van der Waals surface area contributed by atoms with Gasteiger partial charge in [0.1, 0.15) is 11.3 Å². The average molecular weight is 287 g/mol. The lowest BCUT2D eigenvalue weighted by Crippen LogP contribution is -2.43. The zero-order valence-corrected chi connectivity index (χ0v) is 12.5. The summed E-state index contributed by atoms with van der Waals surface area (Å²) in [5.74, 6) is 1.29. The summed E-state index contributed by atoms with van der Waals surface area (Å²) in [4.78, 5) is 4.67. The molecule has 2 saturated carbocycles. The molecule has 3 nitrogen and oxygen atoms in total. The number of nitrogens with zero attached hydrogens (tertiary/aromatic N) is 2. The van der Waals surface area contributed by atoms with Crippen molar-refractivity contribution < 1.29 is 4.39 Å². The zero-order valence-electron chi connectivity index (χ0n) is 12.5. The van der Waals surface area contributed by atoms with Crippen molar-refractivity contribution in [2.24, 2.45) is 11.7 Å². The molecule has 1 heterocycles. The number of imidazole rings is 1. The van der Waals surface area contributed by atoms with Crippen LogP contribution in [0.15, 0.2) is 18.2 Å². The van der Waals surface area contributed by atoms with Crippen molar-refractivity contribution in [2.75, 3.05) is 0 Å². The van der Waals surface area contributed by atoms with Crippen molar-refractivity contribution in [2.45, 2.75) is 57.0 Å². The standard InChI is InChI=1S/C17H22FN3/c1-11-4-3-9-17(19,10-11)16-20-15-13(18)5-2-6-14(15)21(16)12-7-8-12/h2,5-6,11-12H,3-4,7-10,19H2,1H3. The average Bonchev–Trinajstić information content (AvgIpc) is 3.19. The van der Waals surface area contributed by atoms with E-state index in [1.807, 2.05) is 6.07 Å². The molecule has 1 aromatic carbocycles. The number of aromatic nitrogens is 2. The van der Waals surface area contributed by atoms with Gasteiger partial charge in [-0.3, -0.25) is 0 Å². The number of para-hydroxylation sites is 1. The van der Waals surface area contributed by atoms with Crippen LogP contribution in [0.3, 0.4) is 0 Å². The van der Waals surface area contributed by atoms with E-state index in [0.717, 1.165) is 43.4 Å². The molecule has 1 aromatic heterocycles. The third kappa shape index (κ3) is 2.08. The van der Waals surface area contributed by atoms with E-state index in [1.165, 1.54) is 12.5 Å². The molecule has 0 spiro atoms. The fraction of sp³-hybridized carbons (Fsp3) is 0.588. The van der Waals surface area contributed by atoms with E-state index in [2.05, 4.69) is 16.5 Å². The molecule has 0 bridgehead atoms. The number of halogens is 1. The van der Waals surface area contributed by atoms with Crippen LogP contribution < -0.4 is 5.73 Å². The summed E-state index contributed by atoms with van der Waals surface area (Å²) >= 11 is 0. The number of rotatable bonds is 2. The Balaban J connectivity index is 1.91. The molecule has 21 heavy (non-hydrogen) atoms. The molecule has 2 N–H and O–H groups in total. The number of benzene rings is 1. The Bertz CT molecular complexity index is 689. The molecule has 2 aliphatic rings. The highest BCUT2D eigenvalue weighted by molar-refractivity contribution is 5.77. The van der Waals surface area contributed by atoms with Crippen LogP contribution in [0.5, 0.6) is 0 Å². The predicted molar refractivity (Wildman–Crippen MR) is 81.5 cm³/mol. The van der Waals surface area contributed by atoms with Crippen molar-refractivity contribution in [1.29, 1.82) is 0 Å². The molecule has 2 atom stereocenters. The number of hydrogen-bond acceptors (Lipinski definition) is 2. The maximum absolute atomic E-state index is 14.1. The molecule has 0 amide bonds. The topological polar surface area (TPSA) is 43.8 Å². The van der Waals surface area contributed by atoms with Crippen LogP contribution in [0.4, 0.5) is 4.39 Å². The summed E-state index contributed by atoms with van der Waals surface area (Å²) in [5.41, 5.74) is 7.75. The molecule has 2 fully saturated rings. The molecule has 0 saturated heterocycles. The van der Waals surface area contributed by atoms with Crippen LogP contribution in [0.25, 0.3) is 11.0 Å². The molecule has 4 heteroatoms. The lowest BCUT2D eigenvalue weighted by atomic mass is 9.76. The van der Waals surface area contributed by atoms with E-state index in [0.29, 0.717) is 17.5 Å². The molecule has 112 valence electrons. The molecule has 2 aromatic rings. The highest BCUT2D eigenvalue weighted by Crippen LogP contribution is 2.44. The first-order valence-corrected chi connectivity index (χ1v) is 8.04. The number of fused-ring (bicyclic) bond motifs is 1. The molecular weight excluding hydrogens is 265 g/mol. The van der Waals surface area contributed by atoms with Crippen LogP contribution in [0, 0.1) is 11.7 Å². The maximum Gasteiger partial charge on any atom is 0.151 e. The monoisotopic (exact) mass is 287 g/mol. The van der Waals surface area contributed by atoms with Gasteiger partial charge in [-0.1, -0.05) is 25.8 Å². The Labute approximate surface area is 124 Å². The second-order valence-corrected chi connectivity index (χ2v) is 7.00. The fourth-order valence-electron chi connectivity index (χ4n) is 3.93. The lowest BCUT2D eigenvalue weighted by molar-refractivity contribution is 0.223. The van der Waals surface area contributed by atoms with Crippen molar-refractivity contribution in [3.05, 3.63) is 29.8 Å². The van der Waals surface area contributed by atoms with Crippen LogP contribution in [-0.4, -0.2) is 9.55 Å². The molecule has 2 unspecified atom stereocenters. The first-order valence-electron chi connectivity index (χ1n) is 8.04. The Hall–Kier alpha value is -1.42. The maximum atomic E-state index is 14.1. The van der Waals surface area contributed by atoms with Gasteiger partial charge in [-0.05, 0) is 43.7 Å². The summed E-state index contributed by atoms with van der Waals surface area (Å²) in [6, 6.07) is 5.70. The van der Waals surface area contributed by atoms with E-state index < -0.39 is 5.54 Å². The number of nitrogens with two attached hydrogens (primary N) is 1. The SMILES string of the molecule is CC1CCCC(N)(c2nc3c(F)cccc3n2C2CC2)C1. The Kier molecular flexibility index (Phi) is 2.86. The Morgan fingerprint density at radius 1 is 1.33 bits per heavy atom. The molecule has 2 aliphatic carbocycles. The van der Waals surface area contributed by atoms with E-state index in [4.69, 9.17) is 5.73 Å². The first-order chi connectivity index (χ1) is 10.1. The molecular formula is C17H22FN3. The predicted octanol–water partition coefficient (Wildman–Crippen LogP) is 3.87. The van der Waals surface area contributed by atoms with Crippen molar-refractivity contribution in [3.8, 4) is 0 Å². The van der Waals surface area contributed by atoms with Crippen LogP contribution in [-0.2, 0) is 5.54 Å². The van der Waals surface area contributed by atoms with Crippen molar-refractivity contribution >= 4 is 11.0 Å². The van der Waals surface area contributed by atoms with Gasteiger partial charge in [0.15, 0.2) is 5.82 Å². The summed E-state index contributed by atoms with van der Waals surface area (Å²) in [7, 11) is 0. The van der Waals surface area contributed by atoms with Gasteiger partial charge < -0.3 is 10.3 Å². The minimum absolute atomic E-state index is 0.236. The first kappa shape index (κ1) is 13.3. The van der Waals surface area contributed by atoms with Gasteiger partial charge in [0.2, 0.25) is 0 Å². The van der Waals surface area contributed by atoms with Gasteiger partial charge in [0.25, 0.3) is 0 Å². The lowest BCUT2D eigenvalue weighted by Gasteiger charge is -2.36. The van der Waals surface area contributed by atoms with Crippen LogP contribution >= 0.6 is 0 Å². The highest BCUT2D eigenvalue weighted by Gasteiger charge is 2.40. The van der Waals surface area contributed by atoms with Gasteiger partial charge in [0, 0.05) is 6.04 Å². The Morgan fingerprint density at radius 2 is 2.14 bits per heavy atom. The fourth-order valence-corrected chi connectivity index (χ4v) is 3.93. The van der Waals surface area contributed by atoms with Gasteiger partial charge in [-0.2, -0.15) is 0 Å². The van der Waals surface area contributed by atoms with Gasteiger partial charge in [-0.25, -0.2) is 9.37 Å². The second kappa shape index (κ2) is 4.54. The van der Waals surface area contributed by atoms with Gasteiger partial charge >= 0.3 is 0 Å². The third-order valence-corrected chi connectivity index (χ3v) is 5.06. The third-order valence-electron chi connectivity index (χ3n) is 5.06. The minimum atomic E-state index is -0.397. The van der Waals surface area contributed by atoms with E-state index in [1.54, 1.807) is 6.07 Å². The quantitative estimate of drug-likeness (QED) is 0.911. The summed E-state index contributed by atoms with van der Waals surface area (Å²) in [6.45, 7) is 2.26. The largest absolute Gasteiger partial charge is 0.323 e. The number of hydrogen-bond donors (Lipinski definition) is 1. The van der Waals surface area contributed by atoms with Crippen molar-refractivity contribution in [3.63, 3.8) is 0 Å². The minimum Gasteiger partial charge on any atom is -0.323 e. The summed E-state index contributed by atoms with van der Waals surface area (Å²) < 4.78 is 16.3. The molecule has 4 rings (SSSR count). The van der Waals surface area contributed by atoms with Crippen molar-refractivity contribution in [1.82, 2.24) is 9.55 Å². The van der Waals surface area contributed by atoms with Gasteiger partial charge in [0.05, 0.1) is 11.1 Å². The highest BCUT2D eigenvalue weighted by atomic mass is 19.1. The van der Waals surface area contributed by atoms with Gasteiger partial charge in [-0.15, -0.1) is 0 Å². The van der Waals surface area contributed by atoms with E-state index in [-0.39, 0.29) is 5.82 Å².